The van der Waals surface area contributed by atoms with E-state index < -0.39 is 11.6 Å². The highest BCUT2D eigenvalue weighted by Crippen LogP contribution is 2.20. The number of nitrogens with two attached hydrogens (primary N) is 1. The number of anilines is 1. The number of rotatable bonds is 7. The molecule has 4 N–H and O–H groups in total. The zero-order chi connectivity index (χ0) is 22.3. The van der Waals surface area contributed by atoms with Gasteiger partial charge in [0.25, 0.3) is 5.91 Å². The van der Waals surface area contributed by atoms with Gasteiger partial charge in [0, 0.05) is 38.1 Å². The third-order valence-corrected chi connectivity index (χ3v) is 4.81. The van der Waals surface area contributed by atoms with E-state index in [0.717, 1.165) is 38.6 Å². The molecule has 1 aromatic rings. The van der Waals surface area contributed by atoms with Crippen molar-refractivity contribution in [3.63, 3.8) is 0 Å². The van der Waals surface area contributed by atoms with Crippen LogP contribution in [0, 0.1) is 0 Å². The van der Waals surface area contributed by atoms with Gasteiger partial charge in [0.2, 0.25) is 0 Å². The lowest BCUT2D eigenvalue weighted by Gasteiger charge is -2.34. The summed E-state index contributed by atoms with van der Waals surface area (Å²) in [6, 6.07) is -0.909. The van der Waals surface area contributed by atoms with Crippen LogP contribution >= 0.6 is 0 Å². The number of likely N-dealkylation sites (tertiary alicyclic amines) is 1. The molecule has 9 nitrogen and oxygen atoms in total. The number of primary amides is 1. The van der Waals surface area contributed by atoms with Crippen molar-refractivity contribution in [2.75, 3.05) is 18.4 Å². The zero-order valence-electron chi connectivity index (χ0n) is 18.5. The number of nitrogens with one attached hydrogen (secondary N) is 2. The lowest BCUT2D eigenvalue weighted by Crippen LogP contribution is -2.50. The molecule has 0 aliphatic carbocycles. The van der Waals surface area contributed by atoms with Gasteiger partial charge in [0.15, 0.2) is 0 Å². The van der Waals surface area contributed by atoms with E-state index in [9.17, 15) is 14.4 Å². The number of carbonyl (C=O) groups is 3. The zero-order valence-corrected chi connectivity index (χ0v) is 18.5. The van der Waals surface area contributed by atoms with Crippen LogP contribution in [0.4, 0.5) is 15.3 Å². The van der Waals surface area contributed by atoms with Crippen molar-refractivity contribution in [3.8, 4) is 0 Å². The van der Waals surface area contributed by atoms with Crippen molar-refractivity contribution in [1.29, 1.82) is 0 Å². The number of unbranched alkanes of at least 4 members (excludes halogenated alkanes) is 2. The SMILES string of the molecule is CCCCCn1cc(NC(N)=O)c(C(=O)N[C@H]2CCCN(C(=O)OC(C)(C)C)C2)c1. The number of hydrogen-bond acceptors (Lipinski definition) is 4. The minimum Gasteiger partial charge on any atom is -0.444 e. The van der Waals surface area contributed by atoms with Crippen molar-refractivity contribution >= 4 is 23.7 Å². The summed E-state index contributed by atoms with van der Waals surface area (Å²) in [6.45, 7) is 9.34. The first kappa shape index (κ1) is 23.6. The van der Waals surface area contributed by atoms with E-state index in [4.69, 9.17) is 10.5 Å². The van der Waals surface area contributed by atoms with Crippen molar-refractivity contribution in [3.05, 3.63) is 18.0 Å². The summed E-state index contributed by atoms with van der Waals surface area (Å²) in [5, 5.41) is 5.51. The highest BCUT2D eigenvalue weighted by atomic mass is 16.6. The van der Waals surface area contributed by atoms with Crippen LogP contribution in [0.15, 0.2) is 12.4 Å². The molecule has 1 saturated heterocycles. The van der Waals surface area contributed by atoms with Gasteiger partial charge < -0.3 is 30.6 Å². The van der Waals surface area contributed by atoms with Gasteiger partial charge in [0.05, 0.1) is 11.3 Å². The second-order valence-electron chi connectivity index (χ2n) is 8.76. The molecule has 1 aliphatic rings. The quantitative estimate of drug-likeness (QED) is 0.585. The van der Waals surface area contributed by atoms with E-state index in [0.29, 0.717) is 24.3 Å². The standard InChI is InChI=1S/C21H35N5O4/c1-5-6-7-10-25-13-16(17(14-25)24-19(22)28)18(27)23-15-9-8-11-26(12-15)20(29)30-21(2,3)4/h13-15H,5-12H2,1-4H3,(H,23,27)(H3,22,24,28)/t15-/m0/s1. The molecule has 0 aromatic carbocycles. The number of amides is 4. The Morgan fingerprint density at radius 2 is 1.97 bits per heavy atom. The fourth-order valence-electron chi connectivity index (χ4n) is 3.45. The number of ether oxygens (including phenoxy) is 1. The highest BCUT2D eigenvalue weighted by Gasteiger charge is 2.29. The second-order valence-corrected chi connectivity index (χ2v) is 8.76. The Morgan fingerprint density at radius 3 is 2.60 bits per heavy atom. The minimum absolute atomic E-state index is 0.191. The van der Waals surface area contributed by atoms with Gasteiger partial charge in [-0.25, -0.2) is 9.59 Å². The van der Waals surface area contributed by atoms with E-state index in [-0.39, 0.29) is 18.0 Å². The first-order valence-electron chi connectivity index (χ1n) is 10.6. The number of piperidine rings is 1. The highest BCUT2D eigenvalue weighted by molar-refractivity contribution is 6.03. The van der Waals surface area contributed by atoms with Crippen LogP contribution in [0.3, 0.4) is 0 Å². The molecule has 0 unspecified atom stereocenters. The van der Waals surface area contributed by atoms with Gasteiger partial charge in [-0.05, 0) is 40.0 Å². The monoisotopic (exact) mass is 421 g/mol. The van der Waals surface area contributed by atoms with Crippen molar-refractivity contribution in [2.45, 2.75) is 78.0 Å². The Balaban J connectivity index is 2.04. The number of urea groups is 1. The minimum atomic E-state index is -0.718. The summed E-state index contributed by atoms with van der Waals surface area (Å²) in [5.41, 5.74) is 5.44. The topological polar surface area (TPSA) is 119 Å². The van der Waals surface area contributed by atoms with E-state index >= 15 is 0 Å². The fourth-order valence-corrected chi connectivity index (χ4v) is 3.45. The van der Waals surface area contributed by atoms with Crippen molar-refractivity contribution in [1.82, 2.24) is 14.8 Å². The van der Waals surface area contributed by atoms with Crippen molar-refractivity contribution in [2.24, 2.45) is 5.73 Å². The second kappa shape index (κ2) is 10.4. The molecule has 30 heavy (non-hydrogen) atoms. The molecule has 0 spiro atoms. The van der Waals surface area contributed by atoms with E-state index in [1.807, 2.05) is 25.3 Å². The Kier molecular flexibility index (Phi) is 8.14. The molecule has 0 radical (unpaired) electrons. The maximum atomic E-state index is 12.9. The number of carbonyl (C=O) groups excluding carboxylic acids is 3. The van der Waals surface area contributed by atoms with E-state index in [1.165, 1.54) is 0 Å². The van der Waals surface area contributed by atoms with Crippen LogP contribution in [-0.2, 0) is 11.3 Å². The molecule has 168 valence electrons. The van der Waals surface area contributed by atoms with Crippen LogP contribution < -0.4 is 16.4 Å². The summed E-state index contributed by atoms with van der Waals surface area (Å²) in [5.74, 6) is -0.302. The average molecular weight is 422 g/mol. The molecule has 1 atom stereocenters. The maximum absolute atomic E-state index is 12.9. The molecule has 0 bridgehead atoms. The van der Waals surface area contributed by atoms with Crippen LogP contribution in [0.25, 0.3) is 0 Å². The van der Waals surface area contributed by atoms with Gasteiger partial charge >= 0.3 is 12.1 Å². The third-order valence-electron chi connectivity index (χ3n) is 4.81. The summed E-state index contributed by atoms with van der Waals surface area (Å²) in [7, 11) is 0. The summed E-state index contributed by atoms with van der Waals surface area (Å²) in [4.78, 5) is 38.2. The molecule has 1 aliphatic heterocycles. The Labute approximate surface area is 178 Å². The van der Waals surface area contributed by atoms with Crippen molar-refractivity contribution < 1.29 is 19.1 Å². The normalized spacial score (nSPS) is 16.8. The molecule has 0 saturated carbocycles. The lowest BCUT2D eigenvalue weighted by molar-refractivity contribution is 0.0185. The van der Waals surface area contributed by atoms with Crippen LogP contribution in [0.5, 0.6) is 0 Å². The number of nitrogens with zero attached hydrogens (tertiary/aromatic N) is 2. The average Bonchev–Trinajstić information content (AvgIpc) is 3.03. The molecule has 1 aromatic heterocycles. The molecule has 2 rings (SSSR count). The van der Waals surface area contributed by atoms with Crippen LogP contribution in [0.1, 0.15) is 70.2 Å². The number of aromatic nitrogens is 1. The molecular formula is C21H35N5O4. The first-order valence-corrected chi connectivity index (χ1v) is 10.6. The molecular weight excluding hydrogens is 386 g/mol. The van der Waals surface area contributed by atoms with E-state index in [1.54, 1.807) is 17.3 Å². The fraction of sp³-hybridized carbons (Fsp3) is 0.667. The summed E-state index contributed by atoms with van der Waals surface area (Å²) < 4.78 is 7.33. The third kappa shape index (κ3) is 7.27. The smallest absolute Gasteiger partial charge is 0.410 e. The molecule has 9 heteroatoms. The number of aryl methyl sites for hydroxylation is 1. The largest absolute Gasteiger partial charge is 0.444 e. The lowest BCUT2D eigenvalue weighted by atomic mass is 10.1. The Morgan fingerprint density at radius 1 is 1.23 bits per heavy atom. The van der Waals surface area contributed by atoms with Gasteiger partial charge in [-0.1, -0.05) is 19.8 Å². The van der Waals surface area contributed by atoms with Gasteiger partial charge in [0.1, 0.15) is 5.60 Å². The maximum Gasteiger partial charge on any atom is 0.410 e. The summed E-state index contributed by atoms with van der Waals surface area (Å²) in [6.07, 6.45) is 7.77. The van der Waals surface area contributed by atoms with Crippen LogP contribution in [0.2, 0.25) is 0 Å². The first-order chi connectivity index (χ1) is 14.1. The predicted molar refractivity (Wildman–Crippen MR) is 115 cm³/mol. The van der Waals surface area contributed by atoms with Gasteiger partial charge in [-0.3, -0.25) is 4.79 Å². The van der Waals surface area contributed by atoms with Gasteiger partial charge in [-0.15, -0.1) is 0 Å². The predicted octanol–water partition coefficient (Wildman–Crippen LogP) is 3.30. The van der Waals surface area contributed by atoms with Gasteiger partial charge in [-0.2, -0.15) is 0 Å². The van der Waals surface area contributed by atoms with Crippen LogP contribution in [-0.4, -0.2) is 52.2 Å². The Hall–Kier alpha value is -2.71. The number of hydrogen-bond donors (Lipinski definition) is 3. The molecule has 1 fully saturated rings. The Bertz CT molecular complexity index is 753. The molecule has 4 amide bonds. The molecule has 2 heterocycles. The summed E-state index contributed by atoms with van der Waals surface area (Å²) >= 11 is 0. The van der Waals surface area contributed by atoms with E-state index in [2.05, 4.69) is 17.6 Å².